The Morgan fingerprint density at radius 3 is 2.56 bits per heavy atom. The van der Waals surface area contributed by atoms with Crippen LogP contribution < -0.4 is 4.74 Å². The van der Waals surface area contributed by atoms with Crippen molar-refractivity contribution < 1.29 is 23.1 Å². The van der Waals surface area contributed by atoms with Crippen LogP contribution in [0.1, 0.15) is 22.8 Å². The lowest BCUT2D eigenvalue weighted by atomic mass is 10.1. The number of aromatic nitrogens is 3. The predicted octanol–water partition coefficient (Wildman–Crippen LogP) is 3.31. The number of nitrogens with zero attached hydrogens (tertiary/aromatic N) is 4. The summed E-state index contributed by atoms with van der Waals surface area (Å²) in [5, 5.41) is 10.5. The molecular weight excluding hydrogens is 432 g/mol. The first-order valence-electron chi connectivity index (χ1n) is 9.87. The Balaban J connectivity index is 2.16. The molecule has 0 radical (unpaired) electrons. The molecule has 0 saturated carbocycles. The third kappa shape index (κ3) is 3.47. The number of aryl methyl sites for hydroxylation is 1. The number of carboxylic acids is 1. The summed E-state index contributed by atoms with van der Waals surface area (Å²) < 4.78 is 34.3. The number of hydrogen-bond acceptors (Lipinski definition) is 6. The molecule has 1 N–H and O–H groups in total. The van der Waals surface area contributed by atoms with Gasteiger partial charge < -0.3 is 9.84 Å². The zero-order valence-corrected chi connectivity index (χ0v) is 18.8. The second kappa shape index (κ2) is 7.88. The average Bonchev–Trinajstić information content (AvgIpc) is 3.14. The monoisotopic (exact) mass is 454 g/mol. The van der Waals surface area contributed by atoms with Crippen LogP contribution in [0.2, 0.25) is 0 Å². The molecule has 0 aliphatic rings. The van der Waals surface area contributed by atoms with E-state index in [0.29, 0.717) is 28.8 Å². The van der Waals surface area contributed by atoms with Crippen molar-refractivity contribution in [3.8, 4) is 17.3 Å². The second-order valence-corrected chi connectivity index (χ2v) is 9.42. The summed E-state index contributed by atoms with van der Waals surface area (Å²) in [6.07, 6.45) is 0. The van der Waals surface area contributed by atoms with Crippen molar-refractivity contribution in [3.63, 3.8) is 0 Å². The first-order chi connectivity index (χ1) is 15.1. The van der Waals surface area contributed by atoms with E-state index in [9.17, 15) is 18.3 Å². The average molecular weight is 455 g/mol. The lowest BCUT2D eigenvalue weighted by molar-refractivity contribution is 0.0697. The number of carbonyl (C=O) groups is 1. The van der Waals surface area contributed by atoms with Crippen LogP contribution in [0.4, 0.5) is 0 Å². The van der Waals surface area contributed by atoms with Crippen LogP contribution >= 0.6 is 0 Å². The van der Waals surface area contributed by atoms with Crippen LogP contribution in [0.5, 0.6) is 5.75 Å². The topological polar surface area (TPSA) is 115 Å². The SMILES string of the molecule is CCOc1cccc2c1nc(-c1nc3ccc(C)cc3cc1C(=O)O)n2S(=O)(=O)N(C)C. The molecule has 4 aromatic rings. The number of ether oxygens (including phenoxy) is 1. The normalized spacial score (nSPS) is 12.0. The van der Waals surface area contributed by atoms with Gasteiger partial charge in [0.2, 0.25) is 0 Å². The van der Waals surface area contributed by atoms with Gasteiger partial charge in [-0.05, 0) is 44.2 Å². The van der Waals surface area contributed by atoms with E-state index >= 15 is 0 Å². The van der Waals surface area contributed by atoms with E-state index in [1.165, 1.54) is 20.2 Å². The van der Waals surface area contributed by atoms with Crippen molar-refractivity contribution in [2.45, 2.75) is 13.8 Å². The van der Waals surface area contributed by atoms with E-state index < -0.39 is 16.2 Å². The fourth-order valence-corrected chi connectivity index (χ4v) is 4.57. The highest BCUT2D eigenvalue weighted by Crippen LogP contribution is 2.34. The number of carboxylic acid groups (broad SMARTS) is 1. The molecule has 0 fully saturated rings. The summed E-state index contributed by atoms with van der Waals surface area (Å²) in [5.74, 6) is -0.935. The van der Waals surface area contributed by atoms with E-state index in [4.69, 9.17) is 4.74 Å². The zero-order chi connectivity index (χ0) is 23.2. The fourth-order valence-electron chi connectivity index (χ4n) is 3.50. The minimum Gasteiger partial charge on any atom is -0.492 e. The smallest absolute Gasteiger partial charge is 0.338 e. The van der Waals surface area contributed by atoms with Gasteiger partial charge in [-0.3, -0.25) is 0 Å². The molecule has 10 heteroatoms. The van der Waals surface area contributed by atoms with Gasteiger partial charge in [0.25, 0.3) is 0 Å². The Bertz CT molecular complexity index is 1470. The van der Waals surface area contributed by atoms with E-state index in [1.807, 2.05) is 26.0 Å². The summed E-state index contributed by atoms with van der Waals surface area (Å²) in [5.41, 5.74) is 1.86. The first kappa shape index (κ1) is 21.7. The third-order valence-corrected chi connectivity index (χ3v) is 6.77. The van der Waals surface area contributed by atoms with Crippen molar-refractivity contribution >= 4 is 38.1 Å². The van der Waals surface area contributed by atoms with E-state index in [-0.39, 0.29) is 22.6 Å². The minimum absolute atomic E-state index is 0.0436. The fraction of sp³-hybridized carbons (Fsp3) is 0.227. The highest BCUT2D eigenvalue weighted by atomic mass is 32.2. The number of hydrogen-bond donors (Lipinski definition) is 1. The number of rotatable bonds is 6. The van der Waals surface area contributed by atoms with Gasteiger partial charge in [0.15, 0.2) is 5.82 Å². The number of fused-ring (bicyclic) bond motifs is 2. The number of aromatic carboxylic acids is 1. The van der Waals surface area contributed by atoms with Crippen molar-refractivity contribution in [1.29, 1.82) is 0 Å². The molecule has 0 bridgehead atoms. The van der Waals surface area contributed by atoms with Gasteiger partial charge in [-0.1, -0.05) is 17.7 Å². The molecule has 4 rings (SSSR count). The molecule has 0 amide bonds. The molecule has 2 aromatic heterocycles. The van der Waals surface area contributed by atoms with Crippen LogP contribution in [-0.4, -0.2) is 58.4 Å². The quantitative estimate of drug-likeness (QED) is 0.475. The summed E-state index contributed by atoms with van der Waals surface area (Å²) in [4.78, 5) is 21.2. The maximum Gasteiger partial charge on any atom is 0.338 e. The molecular formula is C22H22N4O5S. The molecule has 0 unspecified atom stereocenters. The molecule has 166 valence electrons. The predicted molar refractivity (Wildman–Crippen MR) is 121 cm³/mol. The van der Waals surface area contributed by atoms with Gasteiger partial charge in [-0.15, -0.1) is 0 Å². The summed E-state index contributed by atoms with van der Waals surface area (Å²) >= 11 is 0. The van der Waals surface area contributed by atoms with Crippen molar-refractivity contribution in [3.05, 3.63) is 53.6 Å². The zero-order valence-electron chi connectivity index (χ0n) is 18.0. The summed E-state index contributed by atoms with van der Waals surface area (Å²) in [6, 6.07) is 11.9. The maximum absolute atomic E-state index is 13.3. The van der Waals surface area contributed by atoms with Gasteiger partial charge >= 0.3 is 16.2 Å². The first-order valence-corrected chi connectivity index (χ1v) is 11.3. The van der Waals surface area contributed by atoms with Gasteiger partial charge in [-0.2, -0.15) is 12.7 Å². The Labute approximate surface area is 185 Å². The molecule has 0 spiro atoms. The standard InChI is InChI=1S/C22H22N4O5S/c1-5-31-18-8-6-7-17-20(18)24-21(26(17)32(29,30)25(3)4)19-15(22(27)28)12-14-11-13(2)9-10-16(14)23-19/h6-12H,5H2,1-4H3,(H,27,28). The largest absolute Gasteiger partial charge is 0.492 e. The lowest BCUT2D eigenvalue weighted by Gasteiger charge is -2.16. The van der Waals surface area contributed by atoms with Gasteiger partial charge in [0.05, 0.1) is 23.2 Å². The highest BCUT2D eigenvalue weighted by molar-refractivity contribution is 7.87. The third-order valence-electron chi connectivity index (χ3n) is 5.01. The molecule has 32 heavy (non-hydrogen) atoms. The molecule has 0 atom stereocenters. The maximum atomic E-state index is 13.3. The molecule has 0 aliphatic carbocycles. The Morgan fingerprint density at radius 2 is 1.91 bits per heavy atom. The Morgan fingerprint density at radius 1 is 1.16 bits per heavy atom. The second-order valence-electron chi connectivity index (χ2n) is 7.43. The summed E-state index contributed by atoms with van der Waals surface area (Å²) in [6.45, 7) is 4.06. The Hall–Kier alpha value is -3.50. The Kier molecular flexibility index (Phi) is 5.35. The van der Waals surface area contributed by atoms with Crippen molar-refractivity contribution in [2.24, 2.45) is 0 Å². The van der Waals surface area contributed by atoms with E-state index in [2.05, 4.69) is 9.97 Å². The number of benzene rings is 2. The lowest BCUT2D eigenvalue weighted by Crippen LogP contribution is -2.29. The van der Waals surface area contributed by atoms with Gasteiger partial charge in [0.1, 0.15) is 17.0 Å². The van der Waals surface area contributed by atoms with Gasteiger partial charge in [-0.25, -0.2) is 18.7 Å². The van der Waals surface area contributed by atoms with Crippen LogP contribution in [-0.2, 0) is 10.2 Å². The molecule has 2 aromatic carbocycles. The van der Waals surface area contributed by atoms with Gasteiger partial charge in [0, 0.05) is 19.5 Å². The van der Waals surface area contributed by atoms with Crippen LogP contribution in [0.15, 0.2) is 42.5 Å². The molecule has 0 aliphatic heterocycles. The van der Waals surface area contributed by atoms with Crippen LogP contribution in [0.25, 0.3) is 33.5 Å². The van der Waals surface area contributed by atoms with Crippen LogP contribution in [0, 0.1) is 6.92 Å². The molecule has 2 heterocycles. The molecule has 0 saturated heterocycles. The highest BCUT2D eigenvalue weighted by Gasteiger charge is 2.30. The molecule has 9 nitrogen and oxygen atoms in total. The van der Waals surface area contributed by atoms with Crippen molar-refractivity contribution in [1.82, 2.24) is 18.2 Å². The van der Waals surface area contributed by atoms with E-state index in [1.54, 1.807) is 24.3 Å². The minimum atomic E-state index is -4.07. The summed E-state index contributed by atoms with van der Waals surface area (Å²) in [7, 11) is -1.28. The van der Waals surface area contributed by atoms with E-state index in [0.717, 1.165) is 13.8 Å². The van der Waals surface area contributed by atoms with Crippen molar-refractivity contribution in [2.75, 3.05) is 20.7 Å². The number of pyridine rings is 1. The number of para-hydroxylation sites is 1. The number of imidazole rings is 1. The van der Waals surface area contributed by atoms with Crippen LogP contribution in [0.3, 0.4) is 0 Å².